The Morgan fingerprint density at radius 2 is 2.33 bits per heavy atom. The Hall–Kier alpha value is -1.42. The van der Waals surface area contributed by atoms with Crippen molar-refractivity contribution in [2.24, 2.45) is 5.73 Å². The lowest BCUT2D eigenvalue weighted by atomic mass is 10.1. The molecular formula is C12H10FN3S2. The van der Waals surface area contributed by atoms with E-state index in [1.165, 1.54) is 30.0 Å². The molecule has 0 saturated carbocycles. The van der Waals surface area contributed by atoms with Crippen molar-refractivity contribution in [3.63, 3.8) is 0 Å². The highest BCUT2D eigenvalue weighted by Gasteiger charge is 2.05. The van der Waals surface area contributed by atoms with Gasteiger partial charge in [0.2, 0.25) is 0 Å². The van der Waals surface area contributed by atoms with Gasteiger partial charge in [-0.25, -0.2) is 9.37 Å². The van der Waals surface area contributed by atoms with Crippen LogP contribution in [0.1, 0.15) is 11.1 Å². The van der Waals surface area contributed by atoms with Crippen LogP contribution in [0.25, 0.3) is 0 Å². The summed E-state index contributed by atoms with van der Waals surface area (Å²) in [6, 6.07) is 4.60. The maximum absolute atomic E-state index is 13.2. The van der Waals surface area contributed by atoms with Gasteiger partial charge in [-0.15, -0.1) is 0 Å². The van der Waals surface area contributed by atoms with E-state index in [9.17, 15) is 4.39 Å². The van der Waals surface area contributed by atoms with E-state index in [-0.39, 0.29) is 12.4 Å². The van der Waals surface area contributed by atoms with Crippen LogP contribution < -0.4 is 5.73 Å². The predicted octanol–water partition coefficient (Wildman–Crippen LogP) is 2.28. The molecule has 0 spiro atoms. The second-order valence-corrected chi connectivity index (χ2v) is 5.31. The van der Waals surface area contributed by atoms with Crippen molar-refractivity contribution in [3.8, 4) is 11.8 Å². The van der Waals surface area contributed by atoms with Crippen LogP contribution in [0.15, 0.2) is 28.9 Å². The number of benzene rings is 1. The first-order chi connectivity index (χ1) is 8.79. The van der Waals surface area contributed by atoms with Gasteiger partial charge in [0, 0.05) is 11.3 Å². The summed E-state index contributed by atoms with van der Waals surface area (Å²) in [4.78, 5) is 4.08. The molecule has 0 atom stereocenters. The molecule has 92 valence electrons. The standard InChI is InChI=1S/C12H10FN3S2/c13-11-4-3-10(9(6-11)2-1-5-14)7-17-12-15-8-16-18-12/h3-4,6,8H,5,7,14H2. The van der Waals surface area contributed by atoms with Crippen molar-refractivity contribution in [1.82, 2.24) is 9.36 Å². The van der Waals surface area contributed by atoms with Gasteiger partial charge in [-0.2, -0.15) is 4.37 Å². The van der Waals surface area contributed by atoms with Gasteiger partial charge >= 0.3 is 0 Å². The summed E-state index contributed by atoms with van der Waals surface area (Å²) in [7, 11) is 0. The Balaban J connectivity index is 2.16. The van der Waals surface area contributed by atoms with E-state index in [0.717, 1.165) is 9.90 Å². The summed E-state index contributed by atoms with van der Waals surface area (Å²) in [6.07, 6.45) is 1.52. The molecule has 0 aliphatic rings. The first kappa shape index (κ1) is 13.0. The van der Waals surface area contributed by atoms with Gasteiger partial charge in [0.15, 0.2) is 4.34 Å². The van der Waals surface area contributed by atoms with Crippen molar-refractivity contribution >= 4 is 23.3 Å². The van der Waals surface area contributed by atoms with Gasteiger partial charge in [-0.05, 0) is 29.2 Å². The number of halogens is 1. The molecule has 6 heteroatoms. The van der Waals surface area contributed by atoms with E-state index in [2.05, 4.69) is 21.2 Å². The summed E-state index contributed by atoms with van der Waals surface area (Å²) in [6.45, 7) is 0.263. The van der Waals surface area contributed by atoms with E-state index < -0.39 is 0 Å². The fraction of sp³-hybridized carbons (Fsp3) is 0.167. The van der Waals surface area contributed by atoms with Gasteiger partial charge < -0.3 is 5.73 Å². The molecule has 1 aromatic heterocycles. The maximum atomic E-state index is 13.2. The Bertz CT molecular complexity index is 573. The number of aromatic nitrogens is 2. The van der Waals surface area contributed by atoms with Crippen molar-refractivity contribution in [2.45, 2.75) is 10.1 Å². The normalized spacial score (nSPS) is 9.89. The molecule has 18 heavy (non-hydrogen) atoms. The fourth-order valence-corrected chi connectivity index (χ4v) is 2.75. The highest BCUT2D eigenvalue weighted by Crippen LogP contribution is 2.25. The number of thioether (sulfide) groups is 1. The monoisotopic (exact) mass is 279 g/mol. The van der Waals surface area contributed by atoms with Crippen LogP contribution in [-0.4, -0.2) is 15.9 Å². The van der Waals surface area contributed by atoms with Crippen molar-refractivity contribution in [1.29, 1.82) is 0 Å². The molecule has 0 bridgehead atoms. The second kappa shape index (κ2) is 6.50. The lowest BCUT2D eigenvalue weighted by Gasteiger charge is -2.03. The van der Waals surface area contributed by atoms with E-state index in [4.69, 9.17) is 5.73 Å². The van der Waals surface area contributed by atoms with Gasteiger partial charge in [0.05, 0.1) is 6.54 Å². The summed E-state index contributed by atoms with van der Waals surface area (Å²) in [5.41, 5.74) is 6.97. The molecule has 0 fully saturated rings. The quantitative estimate of drug-likeness (QED) is 0.692. The van der Waals surface area contributed by atoms with Crippen LogP contribution in [0.5, 0.6) is 0 Å². The Kier molecular flexibility index (Phi) is 4.70. The minimum absolute atomic E-state index is 0.263. The molecule has 0 amide bonds. The van der Waals surface area contributed by atoms with Crippen LogP contribution in [0, 0.1) is 17.7 Å². The molecule has 2 rings (SSSR count). The van der Waals surface area contributed by atoms with Crippen molar-refractivity contribution in [2.75, 3.05) is 6.54 Å². The highest BCUT2D eigenvalue weighted by atomic mass is 32.2. The summed E-state index contributed by atoms with van der Waals surface area (Å²) >= 11 is 2.90. The van der Waals surface area contributed by atoms with Crippen LogP contribution in [-0.2, 0) is 5.75 Å². The zero-order valence-electron chi connectivity index (χ0n) is 9.39. The number of hydrogen-bond donors (Lipinski definition) is 1. The molecule has 1 heterocycles. The van der Waals surface area contributed by atoms with Crippen LogP contribution in [0.2, 0.25) is 0 Å². The number of nitrogens with two attached hydrogens (primary N) is 1. The first-order valence-corrected chi connectivity index (χ1v) is 6.92. The molecule has 2 aromatic rings. The summed E-state index contributed by atoms with van der Waals surface area (Å²) in [5.74, 6) is 6.02. The van der Waals surface area contributed by atoms with Crippen molar-refractivity contribution in [3.05, 3.63) is 41.5 Å². The number of rotatable bonds is 3. The lowest BCUT2D eigenvalue weighted by molar-refractivity contribution is 0.627. The number of hydrogen-bond acceptors (Lipinski definition) is 5. The van der Waals surface area contributed by atoms with Gasteiger partial charge in [-0.3, -0.25) is 0 Å². The molecule has 3 nitrogen and oxygen atoms in total. The van der Waals surface area contributed by atoms with Gasteiger partial charge in [0.1, 0.15) is 12.1 Å². The van der Waals surface area contributed by atoms with Gasteiger partial charge in [0.25, 0.3) is 0 Å². The van der Waals surface area contributed by atoms with Crippen LogP contribution >= 0.6 is 23.3 Å². The first-order valence-electron chi connectivity index (χ1n) is 5.16. The smallest absolute Gasteiger partial charge is 0.170 e. The molecule has 2 N–H and O–H groups in total. The summed E-state index contributed by atoms with van der Waals surface area (Å²) < 4.78 is 18.0. The fourth-order valence-electron chi connectivity index (χ4n) is 1.30. The Morgan fingerprint density at radius 1 is 1.44 bits per heavy atom. The van der Waals surface area contributed by atoms with Crippen LogP contribution in [0.3, 0.4) is 0 Å². The Labute approximate surface area is 113 Å². The van der Waals surface area contributed by atoms with Gasteiger partial charge in [-0.1, -0.05) is 29.7 Å². The molecule has 0 aliphatic heterocycles. The molecule has 0 saturated heterocycles. The third-order valence-corrected chi connectivity index (χ3v) is 3.94. The zero-order chi connectivity index (χ0) is 12.8. The second-order valence-electron chi connectivity index (χ2n) is 3.30. The average molecular weight is 279 g/mol. The molecular weight excluding hydrogens is 269 g/mol. The molecule has 0 unspecified atom stereocenters. The third kappa shape index (κ3) is 3.53. The topological polar surface area (TPSA) is 51.8 Å². The largest absolute Gasteiger partial charge is 0.320 e. The Morgan fingerprint density at radius 3 is 3.06 bits per heavy atom. The predicted molar refractivity (Wildman–Crippen MR) is 71.8 cm³/mol. The number of nitrogens with zero attached hydrogens (tertiary/aromatic N) is 2. The average Bonchev–Trinajstić information content (AvgIpc) is 2.88. The maximum Gasteiger partial charge on any atom is 0.170 e. The van der Waals surface area contributed by atoms with E-state index in [1.54, 1.807) is 17.8 Å². The highest BCUT2D eigenvalue weighted by molar-refractivity contribution is 8.00. The minimum Gasteiger partial charge on any atom is -0.320 e. The zero-order valence-corrected chi connectivity index (χ0v) is 11.0. The molecule has 1 aromatic carbocycles. The van der Waals surface area contributed by atoms with E-state index in [0.29, 0.717) is 11.3 Å². The van der Waals surface area contributed by atoms with E-state index >= 15 is 0 Å². The molecule has 0 radical (unpaired) electrons. The lowest BCUT2D eigenvalue weighted by Crippen LogP contribution is -1.94. The molecule has 0 aliphatic carbocycles. The third-order valence-electron chi connectivity index (χ3n) is 2.09. The SMILES string of the molecule is NCC#Cc1cc(F)ccc1CSc1ncns1. The van der Waals surface area contributed by atoms with Crippen LogP contribution in [0.4, 0.5) is 4.39 Å². The minimum atomic E-state index is -0.291. The summed E-state index contributed by atoms with van der Waals surface area (Å²) in [5, 5.41) is 0. The van der Waals surface area contributed by atoms with Crippen molar-refractivity contribution < 1.29 is 4.39 Å². The van der Waals surface area contributed by atoms with E-state index in [1.807, 2.05) is 0 Å².